The van der Waals surface area contributed by atoms with Gasteiger partial charge in [-0.25, -0.2) is 13.4 Å². The number of rotatable bonds is 7. The van der Waals surface area contributed by atoms with Crippen LogP contribution in [0.3, 0.4) is 0 Å². The van der Waals surface area contributed by atoms with E-state index in [0.717, 1.165) is 12.7 Å². The van der Waals surface area contributed by atoms with Crippen molar-refractivity contribution in [1.82, 2.24) is 10.3 Å². The van der Waals surface area contributed by atoms with E-state index in [1.165, 1.54) is 12.3 Å². The van der Waals surface area contributed by atoms with Crippen LogP contribution in [0.25, 0.3) is 0 Å². The molecule has 0 aliphatic rings. The summed E-state index contributed by atoms with van der Waals surface area (Å²) < 4.78 is 30.7. The van der Waals surface area contributed by atoms with Crippen molar-refractivity contribution < 1.29 is 17.9 Å². The highest BCUT2D eigenvalue weighted by molar-refractivity contribution is 7.92. The van der Waals surface area contributed by atoms with Crippen molar-refractivity contribution in [2.24, 2.45) is 0 Å². The minimum atomic E-state index is -3.39. The Morgan fingerprint density at radius 3 is 2.72 bits per heavy atom. The average molecular weight is 363 g/mol. The quantitative estimate of drug-likeness (QED) is 0.788. The van der Waals surface area contributed by atoms with Crippen LogP contribution >= 0.6 is 0 Å². The molecule has 2 rings (SSSR count). The maximum Gasteiger partial charge on any atom is 0.256 e. The lowest BCUT2D eigenvalue weighted by Gasteiger charge is -2.14. The van der Waals surface area contributed by atoms with E-state index in [0.29, 0.717) is 17.0 Å². The number of nitrogens with one attached hydrogen (secondary N) is 2. The number of ether oxygens (including phenoxy) is 1. The zero-order valence-corrected chi connectivity index (χ0v) is 15.1. The fraction of sp³-hybridized carbons (Fsp3) is 0.294. The lowest BCUT2D eigenvalue weighted by Crippen LogP contribution is -2.32. The summed E-state index contributed by atoms with van der Waals surface area (Å²) in [7, 11) is -3.39. The van der Waals surface area contributed by atoms with Gasteiger partial charge in [0.2, 0.25) is 15.9 Å². The van der Waals surface area contributed by atoms with Gasteiger partial charge in [0, 0.05) is 18.3 Å². The second-order valence-corrected chi connectivity index (χ2v) is 7.39. The molecule has 1 heterocycles. The van der Waals surface area contributed by atoms with Crippen LogP contribution in [0.1, 0.15) is 30.6 Å². The predicted molar refractivity (Wildman–Crippen MR) is 96.4 cm³/mol. The van der Waals surface area contributed by atoms with Gasteiger partial charge in [-0.15, -0.1) is 0 Å². The highest BCUT2D eigenvalue weighted by Gasteiger charge is 2.16. The Hall–Kier alpha value is -2.61. The third kappa shape index (κ3) is 5.75. The van der Waals surface area contributed by atoms with Gasteiger partial charge in [-0.2, -0.15) is 0 Å². The number of nitrogens with zero attached hydrogens (tertiary/aromatic N) is 1. The molecule has 0 aliphatic carbocycles. The summed E-state index contributed by atoms with van der Waals surface area (Å²) >= 11 is 0. The summed E-state index contributed by atoms with van der Waals surface area (Å²) in [6.45, 7) is 3.89. The first-order chi connectivity index (χ1) is 11.8. The molecule has 134 valence electrons. The van der Waals surface area contributed by atoms with Crippen LogP contribution in [0.5, 0.6) is 11.6 Å². The minimum Gasteiger partial charge on any atom is -0.438 e. The van der Waals surface area contributed by atoms with Crippen molar-refractivity contribution in [3.05, 3.63) is 48.2 Å². The maximum absolute atomic E-state index is 12.4. The third-order valence-electron chi connectivity index (χ3n) is 3.36. The van der Waals surface area contributed by atoms with Crippen molar-refractivity contribution in [2.75, 3.05) is 11.0 Å². The van der Waals surface area contributed by atoms with Crippen LogP contribution in [-0.2, 0) is 10.0 Å². The molecule has 25 heavy (non-hydrogen) atoms. The van der Waals surface area contributed by atoms with Gasteiger partial charge in [0.15, 0.2) is 0 Å². The number of carbonyl (C=O) groups excluding carboxylic acids is 1. The van der Waals surface area contributed by atoms with Gasteiger partial charge in [-0.1, -0.05) is 13.0 Å². The Bertz CT molecular complexity index is 852. The zero-order valence-electron chi connectivity index (χ0n) is 14.3. The molecule has 1 amide bonds. The van der Waals surface area contributed by atoms with Gasteiger partial charge < -0.3 is 10.1 Å². The van der Waals surface area contributed by atoms with E-state index >= 15 is 0 Å². The second kappa shape index (κ2) is 7.98. The number of carbonyl (C=O) groups is 1. The summed E-state index contributed by atoms with van der Waals surface area (Å²) in [5, 5.41) is 2.86. The Kier molecular flexibility index (Phi) is 5.97. The minimum absolute atomic E-state index is 0.0304. The monoisotopic (exact) mass is 363 g/mol. The van der Waals surface area contributed by atoms with E-state index in [4.69, 9.17) is 4.74 Å². The lowest BCUT2D eigenvalue weighted by molar-refractivity contribution is 0.0936. The van der Waals surface area contributed by atoms with Crippen molar-refractivity contribution in [3.8, 4) is 11.6 Å². The standard InChI is InChI=1S/C17H21N3O4S/c1-4-12(2)19-16(21)15-9-6-10-18-17(15)24-14-8-5-7-13(11-14)20-25(3,22)23/h5-12,20H,4H2,1-3H3,(H,19,21). The molecule has 2 N–H and O–H groups in total. The average Bonchev–Trinajstić information content (AvgIpc) is 2.54. The summed E-state index contributed by atoms with van der Waals surface area (Å²) in [4.78, 5) is 16.5. The van der Waals surface area contributed by atoms with E-state index in [-0.39, 0.29) is 17.8 Å². The van der Waals surface area contributed by atoms with E-state index in [9.17, 15) is 13.2 Å². The van der Waals surface area contributed by atoms with E-state index in [2.05, 4.69) is 15.0 Å². The molecule has 2 aromatic rings. The zero-order chi connectivity index (χ0) is 18.4. The first kappa shape index (κ1) is 18.7. The summed E-state index contributed by atoms with van der Waals surface area (Å²) in [6.07, 6.45) is 3.39. The molecule has 0 spiro atoms. The Morgan fingerprint density at radius 1 is 1.28 bits per heavy atom. The fourth-order valence-electron chi connectivity index (χ4n) is 2.00. The number of amides is 1. The molecule has 0 saturated heterocycles. The number of pyridine rings is 1. The molecule has 8 heteroatoms. The largest absolute Gasteiger partial charge is 0.438 e. The van der Waals surface area contributed by atoms with Crippen LogP contribution < -0.4 is 14.8 Å². The predicted octanol–water partition coefficient (Wildman–Crippen LogP) is 2.77. The molecular weight excluding hydrogens is 342 g/mol. The van der Waals surface area contributed by atoms with Crippen molar-refractivity contribution >= 4 is 21.6 Å². The number of sulfonamides is 1. The lowest BCUT2D eigenvalue weighted by atomic mass is 10.2. The summed E-state index contributed by atoms with van der Waals surface area (Å²) in [5.74, 6) is 0.243. The van der Waals surface area contributed by atoms with E-state index < -0.39 is 10.0 Å². The van der Waals surface area contributed by atoms with E-state index in [1.807, 2.05) is 13.8 Å². The number of hydrogen-bond donors (Lipinski definition) is 2. The number of hydrogen-bond acceptors (Lipinski definition) is 5. The SMILES string of the molecule is CCC(C)NC(=O)c1cccnc1Oc1cccc(NS(C)(=O)=O)c1. The van der Waals surface area contributed by atoms with Gasteiger partial charge in [-0.3, -0.25) is 9.52 Å². The van der Waals surface area contributed by atoms with Gasteiger partial charge in [0.05, 0.1) is 11.9 Å². The highest BCUT2D eigenvalue weighted by atomic mass is 32.2. The molecule has 0 radical (unpaired) electrons. The van der Waals surface area contributed by atoms with Crippen LogP contribution in [0, 0.1) is 0 Å². The van der Waals surface area contributed by atoms with Gasteiger partial charge in [0.1, 0.15) is 11.3 Å². The van der Waals surface area contributed by atoms with Crippen LogP contribution in [0.4, 0.5) is 5.69 Å². The molecule has 1 aromatic carbocycles. The number of benzene rings is 1. The van der Waals surface area contributed by atoms with Gasteiger partial charge >= 0.3 is 0 Å². The van der Waals surface area contributed by atoms with Crippen LogP contribution in [-0.4, -0.2) is 31.6 Å². The van der Waals surface area contributed by atoms with Gasteiger partial charge in [0.25, 0.3) is 5.91 Å². The molecular formula is C17H21N3O4S. The summed E-state index contributed by atoms with van der Waals surface area (Å²) in [6, 6.07) is 9.72. The van der Waals surface area contributed by atoms with Crippen molar-refractivity contribution in [2.45, 2.75) is 26.3 Å². The highest BCUT2D eigenvalue weighted by Crippen LogP contribution is 2.25. The molecule has 7 nitrogen and oxygen atoms in total. The van der Waals surface area contributed by atoms with Crippen molar-refractivity contribution in [3.63, 3.8) is 0 Å². The maximum atomic E-state index is 12.4. The smallest absolute Gasteiger partial charge is 0.256 e. The number of anilines is 1. The van der Waals surface area contributed by atoms with E-state index in [1.54, 1.807) is 30.3 Å². The Balaban J connectivity index is 2.24. The third-order valence-corrected chi connectivity index (χ3v) is 3.96. The first-order valence-corrected chi connectivity index (χ1v) is 9.69. The molecule has 0 bridgehead atoms. The normalized spacial score (nSPS) is 12.3. The fourth-order valence-corrected chi connectivity index (χ4v) is 2.55. The molecule has 1 atom stereocenters. The Morgan fingerprint density at radius 2 is 2.04 bits per heavy atom. The topological polar surface area (TPSA) is 97.4 Å². The van der Waals surface area contributed by atoms with Crippen molar-refractivity contribution in [1.29, 1.82) is 0 Å². The molecule has 0 aliphatic heterocycles. The second-order valence-electron chi connectivity index (χ2n) is 5.64. The number of aromatic nitrogens is 1. The summed E-state index contributed by atoms with van der Waals surface area (Å²) in [5.41, 5.74) is 0.672. The Labute approximate surface area is 147 Å². The molecule has 1 unspecified atom stereocenters. The van der Waals surface area contributed by atoms with Gasteiger partial charge in [-0.05, 0) is 37.6 Å². The molecule has 0 fully saturated rings. The first-order valence-electron chi connectivity index (χ1n) is 7.80. The van der Waals surface area contributed by atoms with Crippen LogP contribution in [0.15, 0.2) is 42.6 Å². The molecule has 1 aromatic heterocycles. The molecule has 0 saturated carbocycles. The van der Waals surface area contributed by atoms with Crippen LogP contribution in [0.2, 0.25) is 0 Å².